The van der Waals surface area contributed by atoms with Gasteiger partial charge in [-0.25, -0.2) is 5.01 Å². The third-order valence-electron chi connectivity index (χ3n) is 2.20. The molecule has 0 amide bonds. The van der Waals surface area contributed by atoms with E-state index in [0.29, 0.717) is 0 Å². The highest BCUT2D eigenvalue weighted by atomic mass is 15.5. The fourth-order valence-electron chi connectivity index (χ4n) is 1.53. The highest BCUT2D eigenvalue weighted by Crippen LogP contribution is 2.21. The molecule has 2 rings (SSSR count). The molecule has 2 aromatic rings. The Bertz CT molecular complexity index is 479. The molecule has 0 atom stereocenters. The number of hydrazine groups is 1. The van der Waals surface area contributed by atoms with E-state index in [-0.39, 0.29) is 0 Å². The van der Waals surface area contributed by atoms with Gasteiger partial charge in [0.15, 0.2) is 5.82 Å². The second-order valence-corrected chi connectivity index (χ2v) is 3.69. The van der Waals surface area contributed by atoms with Gasteiger partial charge in [0.25, 0.3) is 0 Å². The molecular formula is C11H14N4. The third-order valence-corrected chi connectivity index (χ3v) is 2.20. The number of fused-ring (bicyclic) bond motifs is 1. The molecule has 1 N–H and O–H groups in total. The fraction of sp³-hybridized carbons (Fsp3) is 0.273. The average molecular weight is 202 g/mol. The summed E-state index contributed by atoms with van der Waals surface area (Å²) in [4.78, 5) is 0. The number of hydrogen-bond donors (Lipinski definition) is 1. The van der Waals surface area contributed by atoms with Crippen LogP contribution in [0.15, 0.2) is 24.3 Å². The van der Waals surface area contributed by atoms with Crippen LogP contribution in [0.25, 0.3) is 10.8 Å². The minimum atomic E-state index is 0.793. The average Bonchev–Trinajstić information content (AvgIpc) is 2.22. The van der Waals surface area contributed by atoms with Crippen molar-refractivity contribution in [1.82, 2.24) is 15.2 Å². The van der Waals surface area contributed by atoms with Crippen molar-refractivity contribution in [2.24, 2.45) is 0 Å². The molecule has 0 aliphatic heterocycles. The van der Waals surface area contributed by atoms with E-state index in [1.165, 1.54) is 0 Å². The molecule has 4 heteroatoms. The van der Waals surface area contributed by atoms with Crippen LogP contribution in [0.4, 0.5) is 5.82 Å². The topological polar surface area (TPSA) is 41.1 Å². The Hall–Kier alpha value is -1.68. The number of anilines is 1. The normalized spacial score (nSPS) is 10.9. The number of nitrogens with one attached hydrogen (secondary N) is 1. The lowest BCUT2D eigenvalue weighted by Crippen LogP contribution is -2.21. The van der Waals surface area contributed by atoms with Crippen LogP contribution in [-0.4, -0.2) is 29.3 Å². The van der Waals surface area contributed by atoms with Crippen molar-refractivity contribution in [3.8, 4) is 0 Å². The van der Waals surface area contributed by atoms with E-state index in [0.717, 1.165) is 22.3 Å². The van der Waals surface area contributed by atoms with Crippen molar-refractivity contribution in [3.05, 3.63) is 30.0 Å². The Morgan fingerprint density at radius 2 is 1.73 bits per heavy atom. The van der Waals surface area contributed by atoms with Gasteiger partial charge in [-0.15, -0.1) is 5.10 Å². The lowest BCUT2D eigenvalue weighted by atomic mass is 10.1. The van der Waals surface area contributed by atoms with Crippen molar-refractivity contribution in [1.29, 1.82) is 0 Å². The quantitative estimate of drug-likeness (QED) is 0.754. The summed E-state index contributed by atoms with van der Waals surface area (Å²) in [6, 6.07) is 8.11. The van der Waals surface area contributed by atoms with E-state index < -0.39 is 0 Å². The first-order chi connectivity index (χ1) is 7.18. The highest BCUT2D eigenvalue weighted by molar-refractivity contribution is 5.92. The zero-order valence-electron chi connectivity index (χ0n) is 9.15. The summed E-state index contributed by atoms with van der Waals surface area (Å²) in [7, 11) is 3.85. The Morgan fingerprint density at radius 1 is 1.07 bits per heavy atom. The lowest BCUT2D eigenvalue weighted by Gasteiger charge is -2.14. The Kier molecular flexibility index (Phi) is 2.51. The van der Waals surface area contributed by atoms with E-state index in [2.05, 4.69) is 21.7 Å². The zero-order chi connectivity index (χ0) is 10.8. The summed E-state index contributed by atoms with van der Waals surface area (Å²) < 4.78 is 0. The summed E-state index contributed by atoms with van der Waals surface area (Å²) in [6.07, 6.45) is 0. The van der Waals surface area contributed by atoms with E-state index >= 15 is 0 Å². The molecular weight excluding hydrogens is 188 g/mol. The number of aromatic nitrogens is 2. The zero-order valence-corrected chi connectivity index (χ0v) is 9.15. The summed E-state index contributed by atoms with van der Waals surface area (Å²) >= 11 is 0. The highest BCUT2D eigenvalue weighted by Gasteiger charge is 2.05. The third kappa shape index (κ3) is 1.89. The predicted molar refractivity (Wildman–Crippen MR) is 61.6 cm³/mol. The first-order valence-corrected chi connectivity index (χ1v) is 4.84. The molecule has 0 aliphatic rings. The minimum Gasteiger partial charge on any atom is -0.302 e. The van der Waals surface area contributed by atoms with Gasteiger partial charge < -0.3 is 5.43 Å². The molecule has 4 nitrogen and oxygen atoms in total. The molecule has 0 bridgehead atoms. The summed E-state index contributed by atoms with van der Waals surface area (Å²) in [5.41, 5.74) is 4.09. The van der Waals surface area contributed by atoms with Crippen LogP contribution < -0.4 is 5.43 Å². The maximum absolute atomic E-state index is 4.14. The van der Waals surface area contributed by atoms with Gasteiger partial charge in [-0.1, -0.05) is 24.3 Å². The molecule has 0 saturated heterocycles. The van der Waals surface area contributed by atoms with Crippen LogP contribution in [-0.2, 0) is 0 Å². The smallest absolute Gasteiger partial charge is 0.170 e. The van der Waals surface area contributed by atoms with Crippen molar-refractivity contribution >= 4 is 16.6 Å². The molecule has 1 aromatic carbocycles. The minimum absolute atomic E-state index is 0.793. The van der Waals surface area contributed by atoms with E-state index in [9.17, 15) is 0 Å². The largest absolute Gasteiger partial charge is 0.302 e. The fourth-order valence-corrected chi connectivity index (χ4v) is 1.53. The van der Waals surface area contributed by atoms with Crippen LogP contribution in [0.5, 0.6) is 0 Å². The van der Waals surface area contributed by atoms with Crippen LogP contribution in [0.2, 0.25) is 0 Å². The first kappa shape index (κ1) is 9.86. The molecule has 15 heavy (non-hydrogen) atoms. The van der Waals surface area contributed by atoms with Crippen molar-refractivity contribution < 1.29 is 0 Å². The molecule has 0 fully saturated rings. The monoisotopic (exact) mass is 202 g/mol. The van der Waals surface area contributed by atoms with Gasteiger partial charge in [0.1, 0.15) is 0 Å². The van der Waals surface area contributed by atoms with Gasteiger partial charge in [-0.05, 0) is 6.92 Å². The number of nitrogens with zero attached hydrogens (tertiary/aromatic N) is 3. The number of hydrogen-bond acceptors (Lipinski definition) is 4. The van der Waals surface area contributed by atoms with Gasteiger partial charge in [0.2, 0.25) is 0 Å². The van der Waals surface area contributed by atoms with Crippen molar-refractivity contribution in [2.45, 2.75) is 6.92 Å². The molecule has 0 saturated carbocycles. The van der Waals surface area contributed by atoms with E-state index in [1.54, 1.807) is 0 Å². The SMILES string of the molecule is Cc1nnc(NN(C)C)c2ccccc12. The van der Waals surface area contributed by atoms with E-state index in [4.69, 9.17) is 0 Å². The van der Waals surface area contributed by atoms with Crippen LogP contribution in [0.3, 0.4) is 0 Å². The van der Waals surface area contributed by atoms with Crippen LogP contribution >= 0.6 is 0 Å². The van der Waals surface area contributed by atoms with Crippen LogP contribution in [0, 0.1) is 6.92 Å². The second kappa shape index (κ2) is 3.82. The van der Waals surface area contributed by atoms with E-state index in [1.807, 2.05) is 44.2 Å². The summed E-state index contributed by atoms with van der Waals surface area (Å²) in [5.74, 6) is 0.793. The number of benzene rings is 1. The van der Waals surface area contributed by atoms with Crippen LogP contribution in [0.1, 0.15) is 5.69 Å². The molecule has 0 radical (unpaired) electrons. The Labute approximate surface area is 88.9 Å². The molecule has 0 aliphatic carbocycles. The van der Waals surface area contributed by atoms with Gasteiger partial charge >= 0.3 is 0 Å². The Balaban J connectivity index is 2.61. The standard InChI is InChI=1S/C11H14N4/c1-8-9-6-4-5-7-10(9)11(13-12-8)14-15(2)3/h4-7H,1-3H3,(H,13,14). The molecule has 1 heterocycles. The molecule has 0 unspecified atom stereocenters. The van der Waals surface area contributed by atoms with Crippen molar-refractivity contribution in [2.75, 3.05) is 19.5 Å². The molecule has 1 aromatic heterocycles. The maximum Gasteiger partial charge on any atom is 0.170 e. The predicted octanol–water partition coefficient (Wildman–Crippen LogP) is 1.83. The lowest BCUT2D eigenvalue weighted by molar-refractivity contribution is 0.492. The number of rotatable bonds is 2. The molecule has 78 valence electrons. The number of aryl methyl sites for hydroxylation is 1. The second-order valence-electron chi connectivity index (χ2n) is 3.69. The van der Waals surface area contributed by atoms with Gasteiger partial charge in [0, 0.05) is 24.9 Å². The first-order valence-electron chi connectivity index (χ1n) is 4.84. The van der Waals surface area contributed by atoms with Gasteiger partial charge in [0.05, 0.1) is 5.69 Å². The van der Waals surface area contributed by atoms with Gasteiger partial charge in [-0.2, -0.15) is 5.10 Å². The van der Waals surface area contributed by atoms with Crippen molar-refractivity contribution in [3.63, 3.8) is 0 Å². The summed E-state index contributed by atoms with van der Waals surface area (Å²) in [5, 5.41) is 12.3. The summed E-state index contributed by atoms with van der Waals surface area (Å²) in [6.45, 7) is 1.97. The maximum atomic E-state index is 4.14. The molecule has 0 spiro atoms. The Morgan fingerprint density at radius 3 is 2.40 bits per heavy atom. The van der Waals surface area contributed by atoms with Gasteiger partial charge in [-0.3, -0.25) is 0 Å².